The number of carbonyl (C=O) groups excluding carboxylic acids is 4. The molecule has 27 heavy (non-hydrogen) atoms. The predicted octanol–water partition coefficient (Wildman–Crippen LogP) is 2.39. The average molecular weight is 393 g/mol. The Morgan fingerprint density at radius 2 is 1.70 bits per heavy atom. The molecule has 1 aromatic rings. The molecule has 8 heteroatoms. The highest BCUT2D eigenvalue weighted by Crippen LogP contribution is 2.38. The van der Waals surface area contributed by atoms with E-state index in [9.17, 15) is 19.2 Å². The van der Waals surface area contributed by atoms with E-state index in [1.165, 1.54) is 6.92 Å². The Labute approximate surface area is 162 Å². The van der Waals surface area contributed by atoms with E-state index in [1.54, 1.807) is 24.3 Å². The summed E-state index contributed by atoms with van der Waals surface area (Å²) in [6, 6.07) is 5.44. The summed E-state index contributed by atoms with van der Waals surface area (Å²) >= 11 is 5.78. The average Bonchev–Trinajstić information content (AvgIpc) is 2.92. The maximum atomic E-state index is 12.5. The van der Waals surface area contributed by atoms with Crippen LogP contribution in [0.3, 0.4) is 0 Å². The lowest BCUT2D eigenvalue weighted by molar-refractivity contribution is -0.159. The number of ether oxygens (including phenoxy) is 1. The molecule has 1 heterocycles. The van der Waals surface area contributed by atoms with Gasteiger partial charge in [0.15, 0.2) is 6.61 Å². The molecule has 1 saturated carbocycles. The second kappa shape index (κ2) is 8.08. The number of benzene rings is 1. The number of imide groups is 1. The van der Waals surface area contributed by atoms with Crippen molar-refractivity contribution >= 4 is 41.0 Å². The van der Waals surface area contributed by atoms with Crippen molar-refractivity contribution in [2.75, 3.05) is 11.9 Å². The zero-order chi connectivity index (χ0) is 19.6. The molecule has 1 N–H and O–H groups in total. The van der Waals surface area contributed by atoms with E-state index in [0.717, 1.165) is 17.7 Å². The molecule has 7 nitrogen and oxygen atoms in total. The fraction of sp³-hybridized carbons (Fsp3) is 0.474. The van der Waals surface area contributed by atoms with Crippen LogP contribution in [0, 0.1) is 11.8 Å². The van der Waals surface area contributed by atoms with Gasteiger partial charge in [-0.15, -0.1) is 0 Å². The first-order valence-electron chi connectivity index (χ1n) is 8.97. The summed E-state index contributed by atoms with van der Waals surface area (Å²) in [6.07, 6.45) is 3.18. The Kier molecular flexibility index (Phi) is 5.79. The normalized spacial score (nSPS) is 23.0. The molecule has 1 aliphatic carbocycles. The summed E-state index contributed by atoms with van der Waals surface area (Å²) in [4.78, 5) is 50.2. The molecule has 3 amide bonds. The van der Waals surface area contributed by atoms with Crippen LogP contribution in [0.1, 0.15) is 32.6 Å². The lowest BCUT2D eigenvalue weighted by Gasteiger charge is -2.21. The Bertz CT molecular complexity index is 740. The van der Waals surface area contributed by atoms with Gasteiger partial charge in [-0.1, -0.05) is 24.4 Å². The van der Waals surface area contributed by atoms with Crippen molar-refractivity contribution in [2.45, 2.75) is 38.6 Å². The highest BCUT2D eigenvalue weighted by molar-refractivity contribution is 6.30. The lowest BCUT2D eigenvalue weighted by atomic mass is 9.81. The summed E-state index contributed by atoms with van der Waals surface area (Å²) in [6.45, 7) is 0.946. The quantitative estimate of drug-likeness (QED) is 0.613. The van der Waals surface area contributed by atoms with E-state index in [-0.39, 0.29) is 23.7 Å². The molecule has 1 saturated heterocycles. The van der Waals surface area contributed by atoms with E-state index in [0.29, 0.717) is 23.6 Å². The van der Waals surface area contributed by atoms with Crippen LogP contribution in [0.5, 0.6) is 0 Å². The number of esters is 1. The topological polar surface area (TPSA) is 92.8 Å². The monoisotopic (exact) mass is 392 g/mol. The first kappa shape index (κ1) is 19.4. The minimum atomic E-state index is -1.04. The van der Waals surface area contributed by atoms with Crippen molar-refractivity contribution in [3.8, 4) is 0 Å². The van der Waals surface area contributed by atoms with Gasteiger partial charge < -0.3 is 10.1 Å². The number of hydrogen-bond donors (Lipinski definition) is 1. The van der Waals surface area contributed by atoms with Gasteiger partial charge in [-0.2, -0.15) is 0 Å². The molecule has 0 spiro atoms. The van der Waals surface area contributed by atoms with Crippen LogP contribution in [0.4, 0.5) is 5.69 Å². The Balaban J connectivity index is 1.54. The van der Waals surface area contributed by atoms with Crippen molar-refractivity contribution < 1.29 is 23.9 Å². The summed E-state index contributed by atoms with van der Waals surface area (Å²) in [5.74, 6) is -2.56. The third kappa shape index (κ3) is 4.13. The SMILES string of the molecule is C[C@@H](C(=O)OCC(=O)Nc1ccc(Cl)cc1)N1C(=O)[C@H]2CCCC[C@H]2C1=O. The van der Waals surface area contributed by atoms with Crippen molar-refractivity contribution in [1.82, 2.24) is 4.90 Å². The zero-order valence-electron chi connectivity index (χ0n) is 14.9. The molecule has 144 valence electrons. The van der Waals surface area contributed by atoms with E-state index < -0.39 is 24.5 Å². The van der Waals surface area contributed by atoms with Gasteiger partial charge in [0, 0.05) is 10.7 Å². The van der Waals surface area contributed by atoms with Crippen LogP contribution in [0.2, 0.25) is 5.02 Å². The number of nitrogens with zero attached hydrogens (tertiary/aromatic N) is 1. The van der Waals surface area contributed by atoms with Gasteiger partial charge in [0.1, 0.15) is 6.04 Å². The van der Waals surface area contributed by atoms with Crippen molar-refractivity contribution in [3.05, 3.63) is 29.3 Å². The summed E-state index contributed by atoms with van der Waals surface area (Å²) in [7, 11) is 0. The minimum Gasteiger partial charge on any atom is -0.454 e. The fourth-order valence-corrected chi connectivity index (χ4v) is 3.79. The van der Waals surface area contributed by atoms with E-state index in [4.69, 9.17) is 16.3 Å². The number of amides is 3. The highest BCUT2D eigenvalue weighted by atomic mass is 35.5. The molecule has 1 aromatic carbocycles. The molecule has 3 atom stereocenters. The number of nitrogens with one attached hydrogen (secondary N) is 1. The third-order valence-electron chi connectivity index (χ3n) is 5.08. The zero-order valence-corrected chi connectivity index (χ0v) is 15.7. The van der Waals surface area contributed by atoms with E-state index >= 15 is 0 Å². The fourth-order valence-electron chi connectivity index (χ4n) is 3.66. The van der Waals surface area contributed by atoms with Gasteiger partial charge in [0.05, 0.1) is 11.8 Å². The first-order valence-corrected chi connectivity index (χ1v) is 9.35. The summed E-state index contributed by atoms with van der Waals surface area (Å²) in [5, 5.41) is 3.10. The standard InChI is InChI=1S/C19H21ClN2O5/c1-11(22-17(24)14-4-2-3-5-15(14)18(22)25)19(26)27-10-16(23)21-13-8-6-12(20)7-9-13/h6-9,11,14-15H,2-5,10H2,1H3,(H,21,23)/t11-,14-,15+/m0/s1. The van der Waals surface area contributed by atoms with Gasteiger partial charge in [0.2, 0.25) is 11.8 Å². The van der Waals surface area contributed by atoms with Crippen LogP contribution in [0.25, 0.3) is 0 Å². The van der Waals surface area contributed by atoms with Gasteiger partial charge in [-0.3, -0.25) is 19.3 Å². The largest absolute Gasteiger partial charge is 0.454 e. The van der Waals surface area contributed by atoms with E-state index in [2.05, 4.69) is 5.32 Å². The Morgan fingerprint density at radius 3 is 2.26 bits per heavy atom. The Morgan fingerprint density at radius 1 is 1.15 bits per heavy atom. The number of halogens is 1. The number of fused-ring (bicyclic) bond motifs is 1. The molecule has 0 radical (unpaired) electrons. The second-order valence-corrected chi connectivity index (χ2v) is 7.32. The molecule has 2 aliphatic rings. The molecule has 1 aliphatic heterocycles. The van der Waals surface area contributed by atoms with Crippen molar-refractivity contribution in [1.29, 1.82) is 0 Å². The number of likely N-dealkylation sites (tertiary alicyclic amines) is 1. The van der Waals surface area contributed by atoms with E-state index in [1.807, 2.05) is 0 Å². The van der Waals surface area contributed by atoms with Crippen LogP contribution in [0.15, 0.2) is 24.3 Å². The maximum Gasteiger partial charge on any atom is 0.329 e. The molecule has 0 unspecified atom stereocenters. The molecule has 3 rings (SSSR count). The van der Waals surface area contributed by atoms with Crippen LogP contribution >= 0.6 is 11.6 Å². The maximum absolute atomic E-state index is 12.5. The smallest absolute Gasteiger partial charge is 0.329 e. The van der Waals surface area contributed by atoms with Crippen LogP contribution < -0.4 is 5.32 Å². The summed E-state index contributed by atoms with van der Waals surface area (Å²) in [5.41, 5.74) is 0.516. The van der Waals surface area contributed by atoms with Gasteiger partial charge in [-0.05, 0) is 44.0 Å². The molecule has 0 bridgehead atoms. The molecular weight excluding hydrogens is 372 g/mol. The van der Waals surface area contributed by atoms with Gasteiger partial charge in [-0.25, -0.2) is 4.79 Å². The molecule has 0 aromatic heterocycles. The number of carbonyl (C=O) groups is 4. The predicted molar refractivity (Wildman–Crippen MR) is 97.8 cm³/mol. The number of anilines is 1. The Hall–Kier alpha value is -2.41. The number of hydrogen-bond acceptors (Lipinski definition) is 5. The molecule has 2 fully saturated rings. The lowest BCUT2D eigenvalue weighted by Crippen LogP contribution is -2.45. The van der Waals surface area contributed by atoms with Crippen LogP contribution in [-0.4, -0.2) is 41.2 Å². The van der Waals surface area contributed by atoms with Crippen molar-refractivity contribution in [3.63, 3.8) is 0 Å². The second-order valence-electron chi connectivity index (χ2n) is 6.88. The highest BCUT2D eigenvalue weighted by Gasteiger charge is 2.51. The van der Waals surface area contributed by atoms with Gasteiger partial charge in [0.25, 0.3) is 5.91 Å². The summed E-state index contributed by atoms with van der Waals surface area (Å²) < 4.78 is 5.00. The number of rotatable bonds is 5. The van der Waals surface area contributed by atoms with Gasteiger partial charge >= 0.3 is 5.97 Å². The van der Waals surface area contributed by atoms with Crippen LogP contribution in [-0.2, 0) is 23.9 Å². The minimum absolute atomic E-state index is 0.306. The van der Waals surface area contributed by atoms with Crippen molar-refractivity contribution in [2.24, 2.45) is 11.8 Å². The molecular formula is C19H21ClN2O5. The third-order valence-corrected chi connectivity index (χ3v) is 5.33. The first-order chi connectivity index (χ1) is 12.9.